The van der Waals surface area contributed by atoms with Crippen molar-refractivity contribution in [3.8, 4) is 28.1 Å². The van der Waals surface area contributed by atoms with E-state index < -0.39 is 5.97 Å². The quantitative estimate of drug-likeness (QED) is 0.623. The molecule has 0 atom stereocenters. The molecular formula is C19H14N2O3S. The molecule has 0 aliphatic rings. The van der Waals surface area contributed by atoms with Crippen LogP contribution in [0.1, 0.15) is 5.69 Å². The van der Waals surface area contributed by atoms with E-state index in [-0.39, 0.29) is 13.0 Å². The van der Waals surface area contributed by atoms with Crippen LogP contribution in [0.3, 0.4) is 0 Å². The summed E-state index contributed by atoms with van der Waals surface area (Å²) in [5, 5.41) is 11.0. The predicted molar refractivity (Wildman–Crippen MR) is 94.3 cm³/mol. The summed E-state index contributed by atoms with van der Waals surface area (Å²) in [7, 11) is 0. The molecule has 0 N–H and O–H groups in total. The van der Waals surface area contributed by atoms with Crippen LogP contribution in [-0.4, -0.2) is 17.6 Å². The van der Waals surface area contributed by atoms with Crippen molar-refractivity contribution in [3.63, 3.8) is 0 Å². The fraction of sp³-hybridized carbons (Fsp3) is 0.105. The van der Waals surface area contributed by atoms with Crippen LogP contribution >= 0.6 is 11.3 Å². The average molecular weight is 350 g/mol. The van der Waals surface area contributed by atoms with Crippen molar-refractivity contribution in [2.45, 2.75) is 6.42 Å². The molecule has 3 rings (SSSR count). The van der Waals surface area contributed by atoms with Gasteiger partial charge in [0, 0.05) is 10.9 Å². The van der Waals surface area contributed by atoms with Crippen LogP contribution in [0.4, 0.5) is 0 Å². The van der Waals surface area contributed by atoms with E-state index in [4.69, 9.17) is 14.7 Å². The number of rotatable bonds is 6. The summed E-state index contributed by atoms with van der Waals surface area (Å²) in [6, 6.07) is 18.9. The Morgan fingerprint density at radius 1 is 1.12 bits per heavy atom. The molecule has 0 amide bonds. The summed E-state index contributed by atoms with van der Waals surface area (Å²) in [6.07, 6.45) is 0.0540. The molecule has 0 aliphatic heterocycles. The normalized spacial score (nSPS) is 10.0. The van der Waals surface area contributed by atoms with Gasteiger partial charge in [-0.05, 0) is 24.3 Å². The second-order valence-electron chi connectivity index (χ2n) is 5.08. The first kappa shape index (κ1) is 16.7. The standard InChI is InChI=1S/C19H14N2O3S/c20-9-10-23-18(22)12-15-13-25-19(21-15)14-5-4-8-17(11-14)24-16-6-2-1-3-7-16/h1-8,11,13H,10,12H2. The minimum atomic E-state index is -0.459. The second kappa shape index (κ2) is 8.08. The molecule has 0 fully saturated rings. The van der Waals surface area contributed by atoms with E-state index in [1.54, 1.807) is 6.07 Å². The highest BCUT2D eigenvalue weighted by Crippen LogP contribution is 2.29. The topological polar surface area (TPSA) is 72.2 Å². The van der Waals surface area contributed by atoms with E-state index in [1.165, 1.54) is 11.3 Å². The van der Waals surface area contributed by atoms with Crippen LogP contribution in [0.25, 0.3) is 10.6 Å². The van der Waals surface area contributed by atoms with Crippen LogP contribution in [0.15, 0.2) is 60.0 Å². The minimum absolute atomic E-state index is 0.0540. The number of carbonyl (C=O) groups excluding carboxylic acids is 1. The van der Waals surface area contributed by atoms with E-state index in [0.717, 1.165) is 16.3 Å². The Morgan fingerprint density at radius 2 is 1.92 bits per heavy atom. The molecule has 2 aromatic carbocycles. The molecule has 0 spiro atoms. The number of aromatic nitrogens is 1. The van der Waals surface area contributed by atoms with Gasteiger partial charge >= 0.3 is 5.97 Å². The van der Waals surface area contributed by atoms with E-state index in [0.29, 0.717) is 11.4 Å². The fourth-order valence-corrected chi connectivity index (χ4v) is 2.97. The van der Waals surface area contributed by atoms with E-state index in [2.05, 4.69) is 4.98 Å². The highest BCUT2D eigenvalue weighted by molar-refractivity contribution is 7.13. The number of ether oxygens (including phenoxy) is 2. The Bertz CT molecular complexity index is 900. The van der Waals surface area contributed by atoms with Crippen molar-refractivity contribution < 1.29 is 14.3 Å². The molecule has 0 radical (unpaired) electrons. The number of hydrogen-bond acceptors (Lipinski definition) is 6. The summed E-state index contributed by atoms with van der Waals surface area (Å²) in [4.78, 5) is 16.0. The van der Waals surface area contributed by atoms with Crippen molar-refractivity contribution in [1.29, 1.82) is 5.26 Å². The van der Waals surface area contributed by atoms with Gasteiger partial charge in [0.05, 0.1) is 12.1 Å². The maximum absolute atomic E-state index is 11.5. The third-order valence-electron chi connectivity index (χ3n) is 3.23. The van der Waals surface area contributed by atoms with Gasteiger partial charge in [0.2, 0.25) is 0 Å². The lowest BCUT2D eigenvalue weighted by Crippen LogP contribution is -2.08. The summed E-state index contributed by atoms with van der Waals surface area (Å²) >= 11 is 1.44. The maximum Gasteiger partial charge on any atom is 0.312 e. The summed E-state index contributed by atoms with van der Waals surface area (Å²) in [5.74, 6) is 1.02. The number of esters is 1. The monoisotopic (exact) mass is 350 g/mol. The van der Waals surface area contributed by atoms with Crippen molar-refractivity contribution in [1.82, 2.24) is 4.98 Å². The Hall–Kier alpha value is -3.17. The van der Waals surface area contributed by atoms with Crippen LogP contribution in [0.2, 0.25) is 0 Å². The van der Waals surface area contributed by atoms with Gasteiger partial charge in [-0.2, -0.15) is 5.26 Å². The summed E-state index contributed by atoms with van der Waals surface area (Å²) < 4.78 is 10.6. The first-order chi connectivity index (χ1) is 12.2. The van der Waals surface area contributed by atoms with Gasteiger partial charge in [-0.3, -0.25) is 4.79 Å². The molecule has 0 unspecified atom stereocenters. The van der Waals surface area contributed by atoms with Crippen LogP contribution < -0.4 is 4.74 Å². The molecule has 1 aromatic heterocycles. The van der Waals surface area contributed by atoms with Gasteiger partial charge in [-0.15, -0.1) is 11.3 Å². The molecule has 5 nitrogen and oxygen atoms in total. The molecule has 0 bridgehead atoms. The van der Waals surface area contributed by atoms with Crippen LogP contribution in [0.5, 0.6) is 11.5 Å². The zero-order chi connectivity index (χ0) is 17.5. The lowest BCUT2D eigenvalue weighted by Gasteiger charge is -2.06. The van der Waals surface area contributed by atoms with Gasteiger partial charge < -0.3 is 9.47 Å². The molecule has 25 heavy (non-hydrogen) atoms. The van der Waals surface area contributed by atoms with Gasteiger partial charge in [0.1, 0.15) is 22.6 Å². The molecular weight excluding hydrogens is 336 g/mol. The lowest BCUT2D eigenvalue weighted by molar-refractivity contribution is -0.141. The summed E-state index contributed by atoms with van der Waals surface area (Å²) in [5.41, 5.74) is 1.53. The Morgan fingerprint density at radius 3 is 2.72 bits per heavy atom. The maximum atomic E-state index is 11.5. The molecule has 6 heteroatoms. The second-order valence-corrected chi connectivity index (χ2v) is 5.94. The van der Waals surface area contributed by atoms with Crippen molar-refractivity contribution in [2.24, 2.45) is 0 Å². The van der Waals surface area contributed by atoms with Crippen LogP contribution in [-0.2, 0) is 16.0 Å². The third-order valence-corrected chi connectivity index (χ3v) is 4.17. The number of carbonyl (C=O) groups is 1. The number of para-hydroxylation sites is 1. The number of benzene rings is 2. The van der Waals surface area contributed by atoms with Crippen LogP contribution in [0, 0.1) is 11.3 Å². The Kier molecular flexibility index (Phi) is 5.39. The highest BCUT2D eigenvalue weighted by atomic mass is 32.1. The molecule has 0 saturated heterocycles. The average Bonchev–Trinajstić information content (AvgIpc) is 3.09. The van der Waals surface area contributed by atoms with E-state index in [9.17, 15) is 4.79 Å². The van der Waals surface area contributed by atoms with Gasteiger partial charge in [0.25, 0.3) is 0 Å². The third kappa shape index (κ3) is 4.66. The number of thiazole rings is 1. The zero-order valence-corrected chi connectivity index (χ0v) is 14.0. The van der Waals surface area contributed by atoms with Gasteiger partial charge in [-0.25, -0.2) is 4.98 Å². The molecule has 0 aliphatic carbocycles. The Balaban J connectivity index is 1.71. The highest BCUT2D eigenvalue weighted by Gasteiger charge is 2.10. The molecule has 0 saturated carbocycles. The molecule has 124 valence electrons. The zero-order valence-electron chi connectivity index (χ0n) is 13.2. The van der Waals surface area contributed by atoms with Gasteiger partial charge in [0.15, 0.2) is 6.61 Å². The van der Waals surface area contributed by atoms with E-state index >= 15 is 0 Å². The number of nitriles is 1. The van der Waals surface area contributed by atoms with Crippen molar-refractivity contribution >= 4 is 17.3 Å². The SMILES string of the molecule is N#CCOC(=O)Cc1csc(-c2cccc(Oc3ccccc3)c2)n1. The Labute approximate surface area is 149 Å². The van der Waals surface area contributed by atoms with E-state index in [1.807, 2.05) is 60.0 Å². The first-order valence-electron chi connectivity index (χ1n) is 7.55. The number of nitrogens with zero attached hydrogens (tertiary/aromatic N) is 2. The van der Waals surface area contributed by atoms with Crippen molar-refractivity contribution in [2.75, 3.05) is 6.61 Å². The number of hydrogen-bond donors (Lipinski definition) is 0. The summed E-state index contributed by atoms with van der Waals surface area (Å²) in [6.45, 7) is -0.241. The molecule has 1 heterocycles. The van der Waals surface area contributed by atoms with Crippen molar-refractivity contribution in [3.05, 3.63) is 65.7 Å². The minimum Gasteiger partial charge on any atom is -0.457 e. The molecule has 3 aromatic rings. The smallest absolute Gasteiger partial charge is 0.312 e. The van der Waals surface area contributed by atoms with Gasteiger partial charge in [-0.1, -0.05) is 30.3 Å². The lowest BCUT2D eigenvalue weighted by atomic mass is 10.2. The largest absolute Gasteiger partial charge is 0.457 e. The first-order valence-corrected chi connectivity index (χ1v) is 8.43. The fourth-order valence-electron chi connectivity index (χ4n) is 2.15. The predicted octanol–water partition coefficient (Wildman–Crippen LogP) is 4.21.